The second kappa shape index (κ2) is 6.75. The minimum atomic E-state index is -0.122. The number of nitrogens with one attached hydrogen (secondary N) is 1. The number of rotatable bonds is 5. The average Bonchev–Trinajstić information content (AvgIpc) is 2.60. The van der Waals surface area contributed by atoms with E-state index in [2.05, 4.69) is 23.8 Å². The summed E-state index contributed by atoms with van der Waals surface area (Å²) in [6.07, 6.45) is 1.17. The standard InChI is InChI=1S/C19H20N2O2/c1-3-13(2)23-12-14-8-4-5-9-15(14)18-20-17-11-7-6-10-16(17)19(22)21-18/h4-11,13H,3,12H2,1-2H3,(H,20,21,22). The zero-order valence-corrected chi connectivity index (χ0v) is 13.4. The van der Waals surface area contributed by atoms with E-state index in [1.807, 2.05) is 42.5 Å². The van der Waals surface area contributed by atoms with Gasteiger partial charge in [0.1, 0.15) is 5.82 Å². The Morgan fingerprint density at radius 1 is 1.13 bits per heavy atom. The van der Waals surface area contributed by atoms with E-state index in [1.165, 1.54) is 0 Å². The SMILES string of the molecule is CCC(C)OCc1ccccc1-c1nc2ccccc2c(=O)[nH]1. The van der Waals surface area contributed by atoms with Crippen LogP contribution in [-0.2, 0) is 11.3 Å². The van der Waals surface area contributed by atoms with Crippen LogP contribution in [-0.4, -0.2) is 16.1 Å². The first kappa shape index (κ1) is 15.4. The van der Waals surface area contributed by atoms with Crippen molar-refractivity contribution in [3.63, 3.8) is 0 Å². The van der Waals surface area contributed by atoms with Crippen molar-refractivity contribution < 1.29 is 4.74 Å². The van der Waals surface area contributed by atoms with Crippen LogP contribution in [0.4, 0.5) is 0 Å². The first-order valence-corrected chi connectivity index (χ1v) is 7.88. The lowest BCUT2D eigenvalue weighted by Gasteiger charge is -2.13. The molecular formula is C19H20N2O2. The maximum absolute atomic E-state index is 12.3. The molecule has 0 saturated carbocycles. The molecule has 3 aromatic rings. The summed E-state index contributed by atoms with van der Waals surface area (Å²) in [5.74, 6) is 0.581. The number of fused-ring (bicyclic) bond motifs is 1. The third-order valence-corrected chi connectivity index (χ3v) is 3.98. The van der Waals surface area contributed by atoms with Gasteiger partial charge in [-0.05, 0) is 31.0 Å². The summed E-state index contributed by atoms with van der Waals surface area (Å²) in [7, 11) is 0. The van der Waals surface area contributed by atoms with Crippen LogP contribution in [0, 0.1) is 0 Å². The number of H-pyrrole nitrogens is 1. The molecule has 118 valence electrons. The van der Waals surface area contributed by atoms with Gasteiger partial charge in [-0.25, -0.2) is 4.98 Å². The normalized spacial score (nSPS) is 12.4. The first-order chi connectivity index (χ1) is 11.2. The van der Waals surface area contributed by atoms with Crippen LogP contribution < -0.4 is 5.56 Å². The lowest BCUT2D eigenvalue weighted by molar-refractivity contribution is 0.0511. The molecule has 0 aliphatic heterocycles. The molecule has 4 nitrogen and oxygen atoms in total. The topological polar surface area (TPSA) is 55.0 Å². The number of benzene rings is 2. The summed E-state index contributed by atoms with van der Waals surface area (Å²) in [4.78, 5) is 19.8. The van der Waals surface area contributed by atoms with Crippen molar-refractivity contribution in [1.82, 2.24) is 9.97 Å². The molecule has 0 fully saturated rings. The molecule has 23 heavy (non-hydrogen) atoms. The Kier molecular flexibility index (Phi) is 4.53. The van der Waals surface area contributed by atoms with Gasteiger partial charge in [0, 0.05) is 5.56 Å². The van der Waals surface area contributed by atoms with Crippen molar-refractivity contribution in [2.24, 2.45) is 0 Å². The van der Waals surface area contributed by atoms with E-state index in [0.717, 1.165) is 17.5 Å². The van der Waals surface area contributed by atoms with Crippen LogP contribution in [0.5, 0.6) is 0 Å². The monoisotopic (exact) mass is 308 g/mol. The number of aromatic amines is 1. The zero-order valence-electron chi connectivity index (χ0n) is 13.4. The van der Waals surface area contributed by atoms with E-state index in [4.69, 9.17) is 4.74 Å². The molecule has 1 atom stereocenters. The summed E-state index contributed by atoms with van der Waals surface area (Å²) >= 11 is 0. The van der Waals surface area contributed by atoms with E-state index in [0.29, 0.717) is 23.3 Å². The van der Waals surface area contributed by atoms with Gasteiger partial charge < -0.3 is 9.72 Å². The van der Waals surface area contributed by atoms with Gasteiger partial charge in [0.2, 0.25) is 0 Å². The third-order valence-electron chi connectivity index (χ3n) is 3.98. The van der Waals surface area contributed by atoms with Gasteiger partial charge in [-0.2, -0.15) is 0 Å². The van der Waals surface area contributed by atoms with Crippen LogP contribution >= 0.6 is 0 Å². The Labute approximate surface area is 135 Å². The van der Waals surface area contributed by atoms with Crippen LogP contribution in [0.3, 0.4) is 0 Å². The predicted molar refractivity (Wildman–Crippen MR) is 92.3 cm³/mol. The molecule has 4 heteroatoms. The van der Waals surface area contributed by atoms with Gasteiger partial charge >= 0.3 is 0 Å². The Morgan fingerprint density at radius 3 is 2.70 bits per heavy atom. The van der Waals surface area contributed by atoms with E-state index in [9.17, 15) is 4.79 Å². The van der Waals surface area contributed by atoms with Crippen molar-refractivity contribution in [2.75, 3.05) is 0 Å². The molecule has 0 aliphatic rings. The molecule has 1 N–H and O–H groups in total. The molecule has 0 aliphatic carbocycles. The second-order valence-electron chi connectivity index (χ2n) is 5.62. The highest BCUT2D eigenvalue weighted by atomic mass is 16.5. The number of hydrogen-bond donors (Lipinski definition) is 1. The van der Waals surface area contributed by atoms with Gasteiger partial charge in [-0.1, -0.05) is 43.3 Å². The van der Waals surface area contributed by atoms with Crippen LogP contribution in [0.2, 0.25) is 0 Å². The summed E-state index contributed by atoms with van der Waals surface area (Å²) in [6.45, 7) is 4.65. The van der Waals surface area contributed by atoms with E-state index in [-0.39, 0.29) is 11.7 Å². The Morgan fingerprint density at radius 2 is 1.87 bits per heavy atom. The summed E-state index contributed by atoms with van der Waals surface area (Å²) in [6, 6.07) is 15.2. The quantitative estimate of drug-likeness (QED) is 0.777. The Hall–Kier alpha value is -2.46. The number of para-hydroxylation sites is 1. The van der Waals surface area contributed by atoms with Gasteiger partial charge in [0.25, 0.3) is 5.56 Å². The van der Waals surface area contributed by atoms with Crippen molar-refractivity contribution in [1.29, 1.82) is 0 Å². The highest BCUT2D eigenvalue weighted by Gasteiger charge is 2.10. The molecule has 2 aromatic carbocycles. The minimum Gasteiger partial charge on any atom is -0.374 e. The number of hydrogen-bond acceptors (Lipinski definition) is 3. The number of ether oxygens (including phenoxy) is 1. The van der Waals surface area contributed by atoms with E-state index >= 15 is 0 Å². The van der Waals surface area contributed by atoms with Gasteiger partial charge in [-0.3, -0.25) is 4.79 Å². The molecule has 0 spiro atoms. The van der Waals surface area contributed by atoms with E-state index in [1.54, 1.807) is 6.07 Å². The fourth-order valence-electron chi connectivity index (χ4n) is 2.44. The lowest BCUT2D eigenvalue weighted by atomic mass is 10.1. The molecule has 0 amide bonds. The van der Waals surface area contributed by atoms with Gasteiger partial charge in [0.05, 0.1) is 23.6 Å². The maximum Gasteiger partial charge on any atom is 0.259 e. The van der Waals surface area contributed by atoms with Crippen molar-refractivity contribution >= 4 is 10.9 Å². The molecule has 1 unspecified atom stereocenters. The van der Waals surface area contributed by atoms with Crippen LogP contribution in [0.1, 0.15) is 25.8 Å². The largest absolute Gasteiger partial charge is 0.374 e. The number of aromatic nitrogens is 2. The fourth-order valence-corrected chi connectivity index (χ4v) is 2.44. The molecule has 1 heterocycles. The summed E-state index contributed by atoms with van der Waals surface area (Å²) in [5.41, 5.74) is 2.50. The summed E-state index contributed by atoms with van der Waals surface area (Å²) < 4.78 is 5.84. The smallest absolute Gasteiger partial charge is 0.259 e. The average molecular weight is 308 g/mol. The molecule has 0 radical (unpaired) electrons. The fraction of sp³-hybridized carbons (Fsp3) is 0.263. The lowest BCUT2D eigenvalue weighted by Crippen LogP contribution is -2.11. The first-order valence-electron chi connectivity index (χ1n) is 7.88. The van der Waals surface area contributed by atoms with Crippen LogP contribution in [0.25, 0.3) is 22.3 Å². The minimum absolute atomic E-state index is 0.122. The van der Waals surface area contributed by atoms with Gasteiger partial charge in [0.15, 0.2) is 0 Å². The van der Waals surface area contributed by atoms with Crippen molar-refractivity contribution in [3.05, 3.63) is 64.4 Å². The molecule has 0 saturated heterocycles. The molecule has 3 rings (SSSR count). The highest BCUT2D eigenvalue weighted by Crippen LogP contribution is 2.22. The molecule has 1 aromatic heterocycles. The van der Waals surface area contributed by atoms with E-state index < -0.39 is 0 Å². The second-order valence-corrected chi connectivity index (χ2v) is 5.62. The zero-order chi connectivity index (χ0) is 16.2. The predicted octanol–water partition coefficient (Wildman–Crippen LogP) is 3.91. The summed E-state index contributed by atoms with van der Waals surface area (Å²) in [5, 5.41) is 0.601. The highest BCUT2D eigenvalue weighted by molar-refractivity contribution is 5.79. The van der Waals surface area contributed by atoms with Crippen molar-refractivity contribution in [3.8, 4) is 11.4 Å². The Balaban J connectivity index is 2.03. The molecular weight excluding hydrogens is 288 g/mol. The Bertz CT molecular complexity index is 870. The van der Waals surface area contributed by atoms with Gasteiger partial charge in [-0.15, -0.1) is 0 Å². The van der Waals surface area contributed by atoms with Crippen molar-refractivity contribution in [2.45, 2.75) is 33.0 Å². The van der Waals surface area contributed by atoms with Crippen LogP contribution in [0.15, 0.2) is 53.3 Å². The molecule has 0 bridgehead atoms. The maximum atomic E-state index is 12.3. The third kappa shape index (κ3) is 3.32. The number of nitrogens with zero attached hydrogens (tertiary/aromatic N) is 1.